The number of alkyl halides is 3. The van der Waals surface area contributed by atoms with Crippen LogP contribution >= 0.6 is 0 Å². The second kappa shape index (κ2) is 8.38. The molecule has 0 aliphatic carbocycles. The molecule has 0 saturated heterocycles. The topological polar surface area (TPSA) is 46.9 Å². The summed E-state index contributed by atoms with van der Waals surface area (Å²) in [6, 6.07) is 7.76. The predicted molar refractivity (Wildman–Crippen MR) is 94.2 cm³/mol. The molecule has 142 valence electrons. The van der Waals surface area contributed by atoms with Gasteiger partial charge in [0.15, 0.2) is 5.69 Å². The molecule has 0 aliphatic heterocycles. The lowest BCUT2D eigenvalue weighted by molar-refractivity contribution is -0.143. The first-order chi connectivity index (χ1) is 12.2. The van der Waals surface area contributed by atoms with Gasteiger partial charge in [-0.15, -0.1) is 0 Å². The number of benzene rings is 1. The lowest BCUT2D eigenvalue weighted by atomic mass is 10.0. The number of carbonyl (C=O) groups excluding carboxylic acids is 1. The molecule has 7 heteroatoms. The van der Waals surface area contributed by atoms with Crippen molar-refractivity contribution in [1.29, 1.82) is 0 Å². The van der Waals surface area contributed by atoms with Gasteiger partial charge in [-0.25, -0.2) is 4.68 Å². The number of halogens is 3. The Hall–Kier alpha value is -2.31. The number of aromatic nitrogens is 2. The van der Waals surface area contributed by atoms with Crippen molar-refractivity contribution in [1.82, 2.24) is 15.1 Å². The third kappa shape index (κ3) is 5.09. The Labute approximate surface area is 151 Å². The second-order valence-corrected chi connectivity index (χ2v) is 6.85. The van der Waals surface area contributed by atoms with E-state index in [4.69, 9.17) is 0 Å². The monoisotopic (exact) mass is 367 g/mol. The van der Waals surface area contributed by atoms with Crippen molar-refractivity contribution in [3.8, 4) is 5.69 Å². The number of para-hydroxylation sites is 1. The van der Waals surface area contributed by atoms with Crippen molar-refractivity contribution in [2.45, 2.75) is 52.3 Å². The molecule has 1 heterocycles. The maximum atomic E-state index is 13.6. The summed E-state index contributed by atoms with van der Waals surface area (Å²) < 4.78 is 41.5. The van der Waals surface area contributed by atoms with Crippen molar-refractivity contribution >= 4 is 5.91 Å². The predicted octanol–water partition coefficient (Wildman–Crippen LogP) is 4.84. The average Bonchev–Trinajstić information content (AvgIpc) is 3.00. The van der Waals surface area contributed by atoms with Gasteiger partial charge in [-0.2, -0.15) is 18.3 Å². The maximum absolute atomic E-state index is 13.6. The van der Waals surface area contributed by atoms with Crippen molar-refractivity contribution in [2.24, 2.45) is 5.92 Å². The van der Waals surface area contributed by atoms with E-state index in [2.05, 4.69) is 24.3 Å². The maximum Gasteiger partial charge on any atom is 0.434 e. The van der Waals surface area contributed by atoms with Crippen molar-refractivity contribution in [3.05, 3.63) is 47.8 Å². The van der Waals surface area contributed by atoms with Gasteiger partial charge in [0.2, 0.25) is 0 Å². The van der Waals surface area contributed by atoms with Crippen molar-refractivity contribution in [2.75, 3.05) is 0 Å². The molecule has 1 N–H and O–H groups in total. The summed E-state index contributed by atoms with van der Waals surface area (Å²) in [5.41, 5.74) is -1.27. The number of rotatable bonds is 7. The van der Waals surface area contributed by atoms with Crippen LogP contribution in [0.2, 0.25) is 0 Å². The fourth-order valence-corrected chi connectivity index (χ4v) is 2.76. The molecule has 1 aromatic heterocycles. The highest BCUT2D eigenvalue weighted by atomic mass is 19.4. The molecule has 1 aromatic carbocycles. The van der Waals surface area contributed by atoms with Gasteiger partial charge >= 0.3 is 6.18 Å². The first kappa shape index (κ1) is 20.0. The molecular formula is C19H24F3N3O. The third-order valence-electron chi connectivity index (χ3n) is 4.08. The molecule has 4 nitrogen and oxygen atoms in total. The lowest BCUT2D eigenvalue weighted by Crippen LogP contribution is -2.34. The van der Waals surface area contributed by atoms with Gasteiger partial charge in [-0.1, -0.05) is 44.9 Å². The lowest BCUT2D eigenvalue weighted by Gasteiger charge is -2.16. The van der Waals surface area contributed by atoms with Crippen LogP contribution in [-0.2, 0) is 6.18 Å². The Balaban J connectivity index is 2.21. The molecule has 0 saturated carbocycles. The zero-order valence-corrected chi connectivity index (χ0v) is 15.2. The molecule has 0 fully saturated rings. The quantitative estimate of drug-likeness (QED) is 0.761. The normalized spacial score (nSPS) is 13.0. The number of nitrogens with zero attached hydrogens (tertiary/aromatic N) is 2. The van der Waals surface area contributed by atoms with Gasteiger partial charge < -0.3 is 5.32 Å². The van der Waals surface area contributed by atoms with Gasteiger partial charge in [0.1, 0.15) is 0 Å². The van der Waals surface area contributed by atoms with Gasteiger partial charge in [-0.05, 0) is 31.4 Å². The van der Waals surface area contributed by atoms with E-state index in [0.29, 0.717) is 5.92 Å². The Morgan fingerprint density at radius 2 is 1.81 bits per heavy atom. The number of hydrogen-bond donors (Lipinski definition) is 1. The third-order valence-corrected chi connectivity index (χ3v) is 4.08. The van der Waals surface area contributed by atoms with Crippen LogP contribution in [0, 0.1) is 5.92 Å². The van der Waals surface area contributed by atoms with Gasteiger partial charge in [0.05, 0.1) is 17.4 Å². The summed E-state index contributed by atoms with van der Waals surface area (Å²) in [4.78, 5) is 12.4. The van der Waals surface area contributed by atoms with Crippen LogP contribution in [-0.4, -0.2) is 21.7 Å². The first-order valence-electron chi connectivity index (χ1n) is 8.71. The Morgan fingerprint density at radius 3 is 2.38 bits per heavy atom. The SMILES string of the molecule is CC(C)CCCC(C)NC(=O)c1cnn(-c2ccccc2)c1C(F)(F)F. The van der Waals surface area contributed by atoms with E-state index < -0.39 is 23.3 Å². The standard InChI is InChI=1S/C19H24F3N3O/c1-13(2)8-7-9-14(3)24-18(26)16-12-23-25(17(16)19(20,21)22)15-10-5-4-6-11-15/h4-6,10-14H,7-9H2,1-3H3,(H,24,26). The second-order valence-electron chi connectivity index (χ2n) is 6.85. The molecule has 0 spiro atoms. The molecule has 26 heavy (non-hydrogen) atoms. The van der Waals surface area contributed by atoms with E-state index >= 15 is 0 Å². The highest BCUT2D eigenvalue weighted by Gasteiger charge is 2.40. The minimum atomic E-state index is -4.69. The number of carbonyl (C=O) groups is 1. The summed E-state index contributed by atoms with van der Waals surface area (Å²) in [6.45, 7) is 6.01. The van der Waals surface area contributed by atoms with E-state index in [9.17, 15) is 18.0 Å². The minimum absolute atomic E-state index is 0.206. The van der Waals surface area contributed by atoms with Gasteiger partial charge in [0, 0.05) is 6.04 Å². The van der Waals surface area contributed by atoms with E-state index in [1.165, 1.54) is 12.1 Å². The summed E-state index contributed by atoms with van der Waals surface area (Å²) in [7, 11) is 0. The molecule has 1 atom stereocenters. The van der Waals surface area contributed by atoms with Crippen LogP contribution in [0.25, 0.3) is 5.69 Å². The first-order valence-corrected chi connectivity index (χ1v) is 8.71. The van der Waals surface area contributed by atoms with E-state index in [0.717, 1.165) is 30.1 Å². The number of nitrogens with one attached hydrogen (secondary N) is 1. The van der Waals surface area contributed by atoms with Crippen LogP contribution in [0.5, 0.6) is 0 Å². The summed E-state index contributed by atoms with van der Waals surface area (Å²) in [5.74, 6) is -0.199. The molecule has 0 radical (unpaired) electrons. The summed E-state index contributed by atoms with van der Waals surface area (Å²) in [5, 5.41) is 6.46. The smallest absolute Gasteiger partial charge is 0.349 e. The Morgan fingerprint density at radius 1 is 1.15 bits per heavy atom. The van der Waals surface area contributed by atoms with Crippen LogP contribution in [0.1, 0.15) is 56.1 Å². The molecule has 2 rings (SSSR count). The van der Waals surface area contributed by atoms with E-state index in [1.54, 1.807) is 25.1 Å². The average molecular weight is 367 g/mol. The minimum Gasteiger partial charge on any atom is -0.349 e. The number of hydrogen-bond acceptors (Lipinski definition) is 2. The Bertz CT molecular complexity index is 723. The molecule has 0 bridgehead atoms. The molecule has 0 aliphatic rings. The van der Waals surface area contributed by atoms with Crippen LogP contribution in [0.15, 0.2) is 36.5 Å². The fraction of sp³-hybridized carbons (Fsp3) is 0.474. The largest absolute Gasteiger partial charge is 0.434 e. The number of amides is 1. The Kier molecular flexibility index (Phi) is 6.45. The fourth-order valence-electron chi connectivity index (χ4n) is 2.76. The molecule has 1 amide bonds. The molecular weight excluding hydrogens is 343 g/mol. The highest BCUT2D eigenvalue weighted by molar-refractivity contribution is 5.95. The van der Waals surface area contributed by atoms with Gasteiger partial charge in [-0.3, -0.25) is 4.79 Å². The van der Waals surface area contributed by atoms with E-state index in [1.807, 2.05) is 0 Å². The van der Waals surface area contributed by atoms with Crippen LogP contribution < -0.4 is 5.32 Å². The van der Waals surface area contributed by atoms with Gasteiger partial charge in [0.25, 0.3) is 5.91 Å². The summed E-state index contributed by atoms with van der Waals surface area (Å²) >= 11 is 0. The summed E-state index contributed by atoms with van der Waals surface area (Å²) in [6.07, 6.45) is -1.07. The van der Waals surface area contributed by atoms with Crippen LogP contribution in [0.4, 0.5) is 13.2 Å². The van der Waals surface area contributed by atoms with E-state index in [-0.39, 0.29) is 11.7 Å². The zero-order chi connectivity index (χ0) is 19.3. The highest BCUT2D eigenvalue weighted by Crippen LogP contribution is 2.33. The molecule has 1 unspecified atom stereocenters. The molecule has 2 aromatic rings. The van der Waals surface area contributed by atoms with Crippen molar-refractivity contribution in [3.63, 3.8) is 0 Å². The zero-order valence-electron chi connectivity index (χ0n) is 15.2. The van der Waals surface area contributed by atoms with Crippen molar-refractivity contribution < 1.29 is 18.0 Å². The van der Waals surface area contributed by atoms with Crippen LogP contribution in [0.3, 0.4) is 0 Å².